The lowest BCUT2D eigenvalue weighted by Gasteiger charge is -2.07. The number of amides is 1. The number of phenolic OH excluding ortho intramolecular Hbond substituents is 1. The van der Waals surface area contributed by atoms with Crippen molar-refractivity contribution in [2.45, 2.75) is 13.8 Å². The zero-order valence-corrected chi connectivity index (χ0v) is 13.7. The molecule has 0 aliphatic carbocycles. The smallest absolute Gasteiger partial charge is 0.274 e. The Morgan fingerprint density at radius 3 is 2.64 bits per heavy atom. The summed E-state index contributed by atoms with van der Waals surface area (Å²) in [5.41, 5.74) is 3.49. The second-order valence-electron chi connectivity index (χ2n) is 5.11. The molecule has 1 amide bonds. The first-order valence-corrected chi connectivity index (χ1v) is 7.50. The number of carbonyl (C=O) groups is 1. The van der Waals surface area contributed by atoms with E-state index >= 15 is 0 Å². The van der Waals surface area contributed by atoms with E-state index in [-0.39, 0.29) is 11.7 Å². The Morgan fingerprint density at radius 1 is 1.27 bits per heavy atom. The molecule has 0 unspecified atom stereocenters. The molecule has 3 aromatic rings. The summed E-state index contributed by atoms with van der Waals surface area (Å²) in [6.07, 6.45) is 1.88. The van der Waals surface area contributed by atoms with E-state index in [1.54, 1.807) is 23.5 Å². The predicted octanol–water partition coefficient (Wildman–Crippen LogP) is 3.67. The number of hydrogen-bond acceptors (Lipinski definition) is 3. The van der Waals surface area contributed by atoms with E-state index in [2.05, 4.69) is 26.2 Å². The Labute approximate surface area is 135 Å². The van der Waals surface area contributed by atoms with Gasteiger partial charge in [-0.2, -0.15) is 0 Å². The van der Waals surface area contributed by atoms with E-state index in [0.717, 1.165) is 10.0 Å². The molecule has 0 aliphatic heterocycles. The molecule has 3 rings (SSSR count). The fraction of sp³-hybridized carbons (Fsp3) is 0.125. The molecule has 0 saturated heterocycles. The minimum Gasteiger partial charge on any atom is -0.508 e. The number of phenols is 1. The Kier molecular flexibility index (Phi) is 3.62. The van der Waals surface area contributed by atoms with Gasteiger partial charge in [0, 0.05) is 11.9 Å². The van der Waals surface area contributed by atoms with Crippen LogP contribution in [0.2, 0.25) is 0 Å². The third kappa shape index (κ3) is 2.57. The Bertz CT molecular complexity index is 869. The minimum absolute atomic E-state index is 0.156. The summed E-state index contributed by atoms with van der Waals surface area (Å²) in [6, 6.07) is 8.30. The van der Waals surface area contributed by atoms with Crippen LogP contribution in [-0.2, 0) is 0 Å². The lowest BCUT2D eigenvalue weighted by atomic mass is 10.2. The number of anilines is 1. The molecule has 2 aromatic heterocycles. The number of rotatable bonds is 2. The topological polar surface area (TPSA) is 66.6 Å². The Hall–Kier alpha value is -2.34. The molecule has 0 bridgehead atoms. The third-order valence-electron chi connectivity index (χ3n) is 3.33. The lowest BCUT2D eigenvalue weighted by molar-refractivity contribution is 0.102. The van der Waals surface area contributed by atoms with E-state index < -0.39 is 0 Å². The van der Waals surface area contributed by atoms with Crippen LogP contribution >= 0.6 is 15.9 Å². The minimum atomic E-state index is -0.242. The molecule has 0 spiro atoms. The Morgan fingerprint density at radius 2 is 1.95 bits per heavy atom. The highest BCUT2D eigenvalue weighted by Gasteiger charge is 2.18. The zero-order valence-electron chi connectivity index (χ0n) is 12.1. The van der Waals surface area contributed by atoms with Crippen LogP contribution in [0.5, 0.6) is 5.75 Å². The molecule has 0 fully saturated rings. The summed E-state index contributed by atoms with van der Waals surface area (Å²) in [5, 5.41) is 12.1. The molecule has 112 valence electrons. The molecule has 6 heteroatoms. The highest BCUT2D eigenvalue weighted by molar-refractivity contribution is 9.10. The molecule has 1 aromatic carbocycles. The highest BCUT2D eigenvalue weighted by atomic mass is 79.9. The molecule has 5 nitrogen and oxygen atoms in total. The van der Waals surface area contributed by atoms with Gasteiger partial charge in [0.2, 0.25) is 0 Å². The molecule has 0 aliphatic rings. The van der Waals surface area contributed by atoms with Gasteiger partial charge in [0.05, 0.1) is 10.2 Å². The molecule has 2 heterocycles. The fourth-order valence-corrected chi connectivity index (χ4v) is 2.99. The predicted molar refractivity (Wildman–Crippen MR) is 88.4 cm³/mol. The van der Waals surface area contributed by atoms with Crippen molar-refractivity contribution in [2.24, 2.45) is 0 Å². The van der Waals surface area contributed by atoms with Gasteiger partial charge in [-0.05, 0) is 65.7 Å². The maximum atomic E-state index is 12.6. The quantitative estimate of drug-likeness (QED) is 0.686. The van der Waals surface area contributed by atoms with Crippen molar-refractivity contribution in [3.63, 3.8) is 0 Å². The summed E-state index contributed by atoms with van der Waals surface area (Å²) >= 11 is 3.48. The second kappa shape index (κ2) is 5.46. The normalized spacial score (nSPS) is 10.9. The summed E-state index contributed by atoms with van der Waals surface area (Å²) in [5.74, 6) is -0.0864. The molecule has 2 N–H and O–H groups in total. The number of benzene rings is 1. The first kappa shape index (κ1) is 14.6. The van der Waals surface area contributed by atoms with E-state index in [1.165, 1.54) is 12.1 Å². The van der Waals surface area contributed by atoms with Crippen LogP contribution in [0, 0.1) is 13.8 Å². The van der Waals surface area contributed by atoms with Crippen molar-refractivity contribution in [2.75, 3.05) is 5.32 Å². The number of imidazole rings is 1. The molecule has 0 atom stereocenters. The van der Waals surface area contributed by atoms with Crippen molar-refractivity contribution >= 4 is 33.2 Å². The van der Waals surface area contributed by atoms with Crippen LogP contribution in [0.15, 0.2) is 41.0 Å². The maximum Gasteiger partial charge on any atom is 0.274 e. The van der Waals surface area contributed by atoms with E-state index in [1.807, 2.05) is 19.2 Å². The zero-order chi connectivity index (χ0) is 15.9. The SMILES string of the molecule is Cc1cc(Br)c2nc(C)c(C(=O)Nc3ccc(O)cc3)n2c1. The van der Waals surface area contributed by atoms with Crippen LogP contribution in [0.4, 0.5) is 5.69 Å². The lowest BCUT2D eigenvalue weighted by Crippen LogP contribution is -2.15. The van der Waals surface area contributed by atoms with Crippen LogP contribution in [0.25, 0.3) is 5.65 Å². The molecular formula is C16H14BrN3O2. The first-order chi connectivity index (χ1) is 10.5. The van der Waals surface area contributed by atoms with Crippen LogP contribution in [-0.4, -0.2) is 20.4 Å². The van der Waals surface area contributed by atoms with E-state index in [0.29, 0.717) is 22.7 Å². The van der Waals surface area contributed by atoms with E-state index in [4.69, 9.17) is 0 Å². The number of nitrogens with zero attached hydrogens (tertiary/aromatic N) is 2. The number of aromatic hydroxyl groups is 1. The second-order valence-corrected chi connectivity index (χ2v) is 5.96. The number of pyridine rings is 1. The average Bonchev–Trinajstić information content (AvgIpc) is 2.78. The largest absolute Gasteiger partial charge is 0.508 e. The number of aryl methyl sites for hydroxylation is 2. The van der Waals surface area contributed by atoms with Crippen molar-refractivity contribution in [3.05, 3.63) is 58.0 Å². The fourth-order valence-electron chi connectivity index (χ4n) is 2.35. The van der Waals surface area contributed by atoms with Crippen molar-refractivity contribution < 1.29 is 9.90 Å². The monoisotopic (exact) mass is 359 g/mol. The van der Waals surface area contributed by atoms with Gasteiger partial charge in [0.25, 0.3) is 5.91 Å². The van der Waals surface area contributed by atoms with Crippen molar-refractivity contribution in [1.82, 2.24) is 9.38 Å². The van der Waals surface area contributed by atoms with Crippen LogP contribution in [0.1, 0.15) is 21.7 Å². The van der Waals surface area contributed by atoms with Crippen LogP contribution in [0.3, 0.4) is 0 Å². The first-order valence-electron chi connectivity index (χ1n) is 6.71. The van der Waals surface area contributed by atoms with Crippen LogP contribution < -0.4 is 5.32 Å². The number of hydrogen-bond donors (Lipinski definition) is 2. The van der Waals surface area contributed by atoms with Gasteiger partial charge in [0.1, 0.15) is 11.4 Å². The molecular weight excluding hydrogens is 346 g/mol. The van der Waals surface area contributed by atoms with Gasteiger partial charge in [0.15, 0.2) is 5.65 Å². The summed E-state index contributed by atoms with van der Waals surface area (Å²) in [6.45, 7) is 3.77. The van der Waals surface area contributed by atoms with Gasteiger partial charge in [-0.1, -0.05) is 0 Å². The number of halogens is 1. The summed E-state index contributed by atoms with van der Waals surface area (Å²) in [4.78, 5) is 17.0. The number of fused-ring (bicyclic) bond motifs is 1. The van der Waals surface area contributed by atoms with Gasteiger partial charge in [-0.3, -0.25) is 9.20 Å². The highest BCUT2D eigenvalue weighted by Crippen LogP contribution is 2.23. The Balaban J connectivity index is 2.03. The molecule has 22 heavy (non-hydrogen) atoms. The summed E-state index contributed by atoms with van der Waals surface area (Å²) in [7, 11) is 0. The number of aromatic nitrogens is 2. The molecule has 0 saturated carbocycles. The van der Waals surface area contributed by atoms with E-state index in [9.17, 15) is 9.90 Å². The van der Waals surface area contributed by atoms with Crippen molar-refractivity contribution in [1.29, 1.82) is 0 Å². The van der Waals surface area contributed by atoms with Gasteiger partial charge < -0.3 is 10.4 Å². The third-order valence-corrected chi connectivity index (χ3v) is 3.91. The number of nitrogens with one attached hydrogen (secondary N) is 1. The van der Waals surface area contributed by atoms with Gasteiger partial charge >= 0.3 is 0 Å². The molecule has 0 radical (unpaired) electrons. The average molecular weight is 360 g/mol. The van der Waals surface area contributed by atoms with Gasteiger partial charge in [-0.25, -0.2) is 4.98 Å². The maximum absolute atomic E-state index is 12.6. The standard InChI is InChI=1S/C16H14BrN3O2/c1-9-7-13(17)15-18-10(2)14(20(15)8-9)16(22)19-11-3-5-12(21)6-4-11/h3-8,21H,1-2H3,(H,19,22). The van der Waals surface area contributed by atoms with Gasteiger partial charge in [-0.15, -0.1) is 0 Å². The summed E-state index contributed by atoms with van der Waals surface area (Å²) < 4.78 is 2.63. The van der Waals surface area contributed by atoms with Crippen molar-refractivity contribution in [3.8, 4) is 5.75 Å². The number of carbonyl (C=O) groups excluding carboxylic acids is 1.